The van der Waals surface area contributed by atoms with E-state index in [1.807, 2.05) is 0 Å². The molecular weight excluding hydrogens is 271 g/mol. The fourth-order valence-corrected chi connectivity index (χ4v) is 3.72. The molecule has 4 rings (SSSR count). The number of fused-ring (bicyclic) bond motifs is 2. The highest BCUT2D eigenvalue weighted by Crippen LogP contribution is 2.36. The first-order chi connectivity index (χ1) is 9.81. The summed E-state index contributed by atoms with van der Waals surface area (Å²) in [6, 6.07) is 11.1. The van der Waals surface area contributed by atoms with Gasteiger partial charge in [-0.3, -0.25) is 0 Å². The molecule has 20 heavy (non-hydrogen) atoms. The van der Waals surface area contributed by atoms with Crippen molar-refractivity contribution in [2.75, 3.05) is 11.9 Å². The van der Waals surface area contributed by atoms with Gasteiger partial charge in [0.25, 0.3) is 0 Å². The molecular formula is C16H13FN2S. The van der Waals surface area contributed by atoms with Crippen LogP contribution in [0.25, 0.3) is 20.8 Å². The van der Waals surface area contributed by atoms with Crippen LogP contribution in [0.3, 0.4) is 0 Å². The fraction of sp³-hybridized carbons (Fsp3) is 0.188. The SMILES string of the molecule is Fc1ccc2sc(-c3cccc4c3CCCN4)nc2c1. The van der Waals surface area contributed by atoms with Crippen molar-refractivity contribution in [3.8, 4) is 10.6 Å². The summed E-state index contributed by atoms with van der Waals surface area (Å²) < 4.78 is 14.3. The molecule has 0 bridgehead atoms. The zero-order valence-electron chi connectivity index (χ0n) is 10.8. The van der Waals surface area contributed by atoms with Crippen molar-refractivity contribution in [3.63, 3.8) is 0 Å². The molecule has 3 aromatic rings. The first-order valence-electron chi connectivity index (χ1n) is 6.73. The highest BCUT2D eigenvalue weighted by molar-refractivity contribution is 7.21. The summed E-state index contributed by atoms with van der Waals surface area (Å²) in [7, 11) is 0. The lowest BCUT2D eigenvalue weighted by atomic mass is 9.98. The van der Waals surface area contributed by atoms with Crippen LogP contribution in [-0.4, -0.2) is 11.5 Å². The molecule has 0 saturated carbocycles. The van der Waals surface area contributed by atoms with Gasteiger partial charge in [-0.05, 0) is 36.6 Å². The van der Waals surface area contributed by atoms with Gasteiger partial charge in [-0.15, -0.1) is 11.3 Å². The van der Waals surface area contributed by atoms with Crippen LogP contribution in [0.2, 0.25) is 0 Å². The van der Waals surface area contributed by atoms with Crippen LogP contribution in [0.1, 0.15) is 12.0 Å². The van der Waals surface area contributed by atoms with E-state index >= 15 is 0 Å². The summed E-state index contributed by atoms with van der Waals surface area (Å²) in [5.74, 6) is -0.230. The molecule has 0 amide bonds. The third-order valence-electron chi connectivity index (χ3n) is 3.68. The van der Waals surface area contributed by atoms with E-state index in [4.69, 9.17) is 0 Å². The maximum absolute atomic E-state index is 13.3. The van der Waals surface area contributed by atoms with Crippen molar-refractivity contribution in [2.24, 2.45) is 0 Å². The topological polar surface area (TPSA) is 24.9 Å². The third kappa shape index (κ3) is 1.88. The summed E-state index contributed by atoms with van der Waals surface area (Å²) in [6.45, 7) is 1.03. The van der Waals surface area contributed by atoms with E-state index in [0.29, 0.717) is 0 Å². The first kappa shape index (κ1) is 11.9. The first-order valence-corrected chi connectivity index (χ1v) is 7.55. The minimum atomic E-state index is -0.230. The molecule has 1 aliphatic heterocycles. The van der Waals surface area contributed by atoms with E-state index in [1.165, 1.54) is 28.9 Å². The minimum Gasteiger partial charge on any atom is -0.385 e. The number of aromatic nitrogens is 1. The zero-order chi connectivity index (χ0) is 13.5. The molecule has 0 radical (unpaired) electrons. The number of hydrogen-bond acceptors (Lipinski definition) is 3. The zero-order valence-corrected chi connectivity index (χ0v) is 11.6. The molecule has 2 nitrogen and oxygen atoms in total. The second-order valence-electron chi connectivity index (χ2n) is 4.99. The van der Waals surface area contributed by atoms with Gasteiger partial charge in [-0.2, -0.15) is 0 Å². The summed E-state index contributed by atoms with van der Waals surface area (Å²) in [4.78, 5) is 4.60. The lowest BCUT2D eigenvalue weighted by Crippen LogP contribution is -2.12. The van der Waals surface area contributed by atoms with Crippen LogP contribution >= 0.6 is 11.3 Å². The Morgan fingerprint density at radius 1 is 1.20 bits per heavy atom. The summed E-state index contributed by atoms with van der Waals surface area (Å²) in [5, 5.41) is 4.41. The Morgan fingerprint density at radius 2 is 2.15 bits per heavy atom. The molecule has 0 fully saturated rings. The van der Waals surface area contributed by atoms with Gasteiger partial charge in [-0.25, -0.2) is 9.37 Å². The number of rotatable bonds is 1. The lowest BCUT2D eigenvalue weighted by molar-refractivity contribution is 0.629. The van der Waals surface area contributed by atoms with Crippen molar-refractivity contribution in [2.45, 2.75) is 12.8 Å². The van der Waals surface area contributed by atoms with Gasteiger partial charge in [0.15, 0.2) is 0 Å². The quantitative estimate of drug-likeness (QED) is 0.713. The highest BCUT2D eigenvalue weighted by Gasteiger charge is 2.16. The number of anilines is 1. The van der Waals surface area contributed by atoms with E-state index in [2.05, 4.69) is 28.5 Å². The molecule has 2 heterocycles. The van der Waals surface area contributed by atoms with Crippen molar-refractivity contribution >= 4 is 27.2 Å². The fourth-order valence-electron chi connectivity index (χ4n) is 2.73. The number of halogens is 1. The Kier molecular flexibility index (Phi) is 2.70. The van der Waals surface area contributed by atoms with Gasteiger partial charge in [0, 0.05) is 23.9 Å². The van der Waals surface area contributed by atoms with Gasteiger partial charge in [0.1, 0.15) is 10.8 Å². The van der Waals surface area contributed by atoms with Crippen molar-refractivity contribution in [1.82, 2.24) is 4.98 Å². The van der Waals surface area contributed by atoms with Gasteiger partial charge in [-0.1, -0.05) is 12.1 Å². The van der Waals surface area contributed by atoms with Crippen LogP contribution in [0.15, 0.2) is 36.4 Å². The summed E-state index contributed by atoms with van der Waals surface area (Å²) >= 11 is 1.63. The van der Waals surface area contributed by atoms with Crippen LogP contribution in [-0.2, 0) is 6.42 Å². The second kappa shape index (κ2) is 4.56. The molecule has 1 N–H and O–H groups in total. The average molecular weight is 284 g/mol. The average Bonchev–Trinajstić information content (AvgIpc) is 2.89. The normalized spacial score (nSPS) is 14.1. The van der Waals surface area contributed by atoms with E-state index in [9.17, 15) is 4.39 Å². The number of benzene rings is 2. The highest BCUT2D eigenvalue weighted by atomic mass is 32.1. The van der Waals surface area contributed by atoms with E-state index in [0.717, 1.165) is 34.6 Å². The smallest absolute Gasteiger partial charge is 0.125 e. The standard InChI is InChI=1S/C16H13FN2S/c17-10-6-7-15-14(9-10)19-16(20-15)12-3-1-5-13-11(12)4-2-8-18-13/h1,3,5-7,9,18H,2,4,8H2. The number of thiazole rings is 1. The number of nitrogens with one attached hydrogen (secondary N) is 1. The second-order valence-corrected chi connectivity index (χ2v) is 6.02. The molecule has 4 heteroatoms. The van der Waals surface area contributed by atoms with Crippen LogP contribution in [0.5, 0.6) is 0 Å². The third-order valence-corrected chi connectivity index (χ3v) is 4.74. The molecule has 100 valence electrons. The monoisotopic (exact) mass is 284 g/mol. The van der Waals surface area contributed by atoms with Crippen molar-refractivity contribution < 1.29 is 4.39 Å². The summed E-state index contributed by atoms with van der Waals surface area (Å²) in [5.41, 5.74) is 4.46. The molecule has 0 saturated heterocycles. The molecule has 0 spiro atoms. The Hall–Kier alpha value is -1.94. The van der Waals surface area contributed by atoms with Crippen molar-refractivity contribution in [1.29, 1.82) is 0 Å². The molecule has 1 aliphatic rings. The predicted molar refractivity (Wildman–Crippen MR) is 81.8 cm³/mol. The number of hydrogen-bond donors (Lipinski definition) is 1. The lowest BCUT2D eigenvalue weighted by Gasteiger charge is -2.20. The van der Waals surface area contributed by atoms with Crippen LogP contribution in [0.4, 0.5) is 10.1 Å². The predicted octanol–water partition coefficient (Wildman–Crippen LogP) is 4.46. The Bertz CT molecular complexity index is 794. The van der Waals surface area contributed by atoms with Gasteiger partial charge in [0.2, 0.25) is 0 Å². The summed E-state index contributed by atoms with van der Waals surface area (Å²) in [6.07, 6.45) is 2.21. The van der Waals surface area contributed by atoms with Crippen LogP contribution < -0.4 is 5.32 Å². The molecule has 0 unspecified atom stereocenters. The van der Waals surface area contributed by atoms with E-state index < -0.39 is 0 Å². The van der Waals surface area contributed by atoms with E-state index in [-0.39, 0.29) is 5.82 Å². The Labute approximate surface area is 120 Å². The molecule has 1 aromatic heterocycles. The Balaban J connectivity index is 1.90. The minimum absolute atomic E-state index is 0.230. The van der Waals surface area contributed by atoms with Gasteiger partial charge >= 0.3 is 0 Å². The van der Waals surface area contributed by atoms with Crippen molar-refractivity contribution in [3.05, 3.63) is 47.8 Å². The van der Waals surface area contributed by atoms with Crippen LogP contribution in [0, 0.1) is 5.82 Å². The molecule has 2 aromatic carbocycles. The van der Waals surface area contributed by atoms with Gasteiger partial charge < -0.3 is 5.32 Å². The maximum atomic E-state index is 13.3. The number of nitrogens with zero attached hydrogens (tertiary/aromatic N) is 1. The van der Waals surface area contributed by atoms with E-state index in [1.54, 1.807) is 17.4 Å². The molecule has 0 atom stereocenters. The largest absolute Gasteiger partial charge is 0.385 e. The van der Waals surface area contributed by atoms with Gasteiger partial charge in [0.05, 0.1) is 10.2 Å². The maximum Gasteiger partial charge on any atom is 0.125 e. The Morgan fingerprint density at radius 3 is 3.10 bits per heavy atom. The molecule has 0 aliphatic carbocycles.